The Morgan fingerprint density at radius 1 is 1.14 bits per heavy atom. The summed E-state index contributed by atoms with van der Waals surface area (Å²) in [6.45, 7) is 3.82. The Hall–Kier alpha value is -3.73. The fraction of sp³-hybridized carbons (Fsp3) is 0.194. The number of nitrogens with zero attached hydrogens (tertiary/aromatic N) is 2. The smallest absolute Gasteiger partial charge is 0.338 e. The highest BCUT2D eigenvalue weighted by molar-refractivity contribution is 9.10. The van der Waals surface area contributed by atoms with Gasteiger partial charge in [0.25, 0.3) is 5.56 Å². The van der Waals surface area contributed by atoms with Gasteiger partial charge in [0.2, 0.25) is 0 Å². The lowest BCUT2D eigenvalue weighted by molar-refractivity contribution is -0.139. The van der Waals surface area contributed by atoms with E-state index in [0.29, 0.717) is 47.2 Å². The van der Waals surface area contributed by atoms with Crippen LogP contribution in [0, 0.1) is 5.82 Å². The molecule has 1 aliphatic heterocycles. The largest absolute Gasteiger partial charge is 0.496 e. The molecule has 0 aliphatic carbocycles. The summed E-state index contributed by atoms with van der Waals surface area (Å²) in [4.78, 5) is 32.2. The number of benzene rings is 3. The number of thiazole rings is 1. The van der Waals surface area contributed by atoms with Crippen LogP contribution in [0.3, 0.4) is 0 Å². The molecule has 1 aromatic heterocycles. The van der Waals surface area contributed by atoms with Gasteiger partial charge in [-0.05, 0) is 89.4 Å². The summed E-state index contributed by atoms with van der Waals surface area (Å²) in [5.74, 6) is 0.228. The van der Waals surface area contributed by atoms with Crippen molar-refractivity contribution in [2.75, 3.05) is 13.7 Å². The number of aromatic nitrogens is 1. The number of carbonyl (C=O) groups is 1. The minimum atomic E-state index is -0.779. The van der Waals surface area contributed by atoms with Gasteiger partial charge in [0.1, 0.15) is 23.9 Å². The third-order valence-corrected chi connectivity index (χ3v) is 8.41. The van der Waals surface area contributed by atoms with Gasteiger partial charge in [-0.2, -0.15) is 0 Å². The van der Waals surface area contributed by atoms with Crippen molar-refractivity contribution in [1.29, 1.82) is 0 Å². The maximum atomic E-state index is 14.0. The van der Waals surface area contributed by atoms with Gasteiger partial charge in [-0.3, -0.25) is 9.36 Å². The van der Waals surface area contributed by atoms with Crippen LogP contribution in [0.4, 0.5) is 4.39 Å². The molecule has 1 atom stereocenters. The molecular formula is C31H25BrClFN2O5S. The van der Waals surface area contributed by atoms with Gasteiger partial charge < -0.3 is 14.2 Å². The van der Waals surface area contributed by atoms with Crippen LogP contribution in [0.1, 0.15) is 36.6 Å². The SMILES string of the molecule is CCOC(=O)C1=C(C)N=c2s/c(=C/c3cc(Cl)ccc3OCc3ccc(F)cc3)c(=O)n2[C@@H]1c1ccc(OC)c(Br)c1. The fourth-order valence-electron chi connectivity index (χ4n) is 4.61. The average Bonchev–Trinajstić information content (AvgIpc) is 3.26. The molecule has 2 heterocycles. The second-order valence-corrected chi connectivity index (χ2v) is 11.6. The molecule has 0 saturated carbocycles. The minimum absolute atomic E-state index is 0.175. The van der Waals surface area contributed by atoms with Crippen LogP contribution < -0.4 is 24.4 Å². The Morgan fingerprint density at radius 3 is 2.57 bits per heavy atom. The number of methoxy groups -OCH3 is 1. The van der Waals surface area contributed by atoms with Crippen LogP contribution in [-0.4, -0.2) is 24.3 Å². The number of ether oxygens (including phenoxy) is 3. The lowest BCUT2D eigenvalue weighted by Gasteiger charge is -2.25. The van der Waals surface area contributed by atoms with E-state index < -0.39 is 12.0 Å². The molecule has 0 radical (unpaired) electrons. The molecule has 7 nitrogen and oxygen atoms in total. The molecule has 0 N–H and O–H groups in total. The fourth-order valence-corrected chi connectivity index (χ4v) is 6.38. The Balaban J connectivity index is 1.63. The Bertz CT molecular complexity index is 1880. The van der Waals surface area contributed by atoms with Gasteiger partial charge in [0.15, 0.2) is 4.80 Å². The van der Waals surface area contributed by atoms with Crippen molar-refractivity contribution in [1.82, 2.24) is 4.57 Å². The molecule has 0 saturated heterocycles. The molecule has 3 aromatic carbocycles. The molecule has 11 heteroatoms. The second-order valence-electron chi connectivity index (χ2n) is 9.29. The molecule has 0 bridgehead atoms. The predicted molar refractivity (Wildman–Crippen MR) is 163 cm³/mol. The topological polar surface area (TPSA) is 79.1 Å². The lowest BCUT2D eigenvalue weighted by atomic mass is 9.96. The van der Waals surface area contributed by atoms with Gasteiger partial charge in [-0.25, -0.2) is 14.2 Å². The van der Waals surface area contributed by atoms with Crippen LogP contribution in [0.25, 0.3) is 6.08 Å². The van der Waals surface area contributed by atoms with Crippen LogP contribution >= 0.6 is 38.9 Å². The number of hydrogen-bond acceptors (Lipinski definition) is 7. The highest BCUT2D eigenvalue weighted by Crippen LogP contribution is 2.35. The van der Waals surface area contributed by atoms with Crippen molar-refractivity contribution >= 4 is 50.9 Å². The Kier molecular flexibility index (Phi) is 8.96. The maximum absolute atomic E-state index is 14.0. The number of hydrogen-bond donors (Lipinski definition) is 0. The number of esters is 1. The predicted octanol–water partition coefficient (Wildman–Crippen LogP) is 5.94. The van der Waals surface area contributed by atoms with E-state index in [4.69, 9.17) is 25.8 Å². The zero-order chi connectivity index (χ0) is 30.0. The van der Waals surface area contributed by atoms with Crippen molar-refractivity contribution in [3.05, 3.63) is 124 Å². The summed E-state index contributed by atoms with van der Waals surface area (Å²) in [5.41, 5.74) is 2.45. The number of carbonyl (C=O) groups excluding carboxylic acids is 1. The van der Waals surface area contributed by atoms with E-state index in [0.717, 1.165) is 5.56 Å². The zero-order valence-electron chi connectivity index (χ0n) is 22.8. The lowest BCUT2D eigenvalue weighted by Crippen LogP contribution is -2.40. The van der Waals surface area contributed by atoms with Crippen molar-refractivity contribution < 1.29 is 23.4 Å². The third-order valence-electron chi connectivity index (χ3n) is 6.57. The Labute approximate surface area is 258 Å². The van der Waals surface area contributed by atoms with Gasteiger partial charge in [0, 0.05) is 10.6 Å². The monoisotopic (exact) mass is 670 g/mol. The summed E-state index contributed by atoms with van der Waals surface area (Å²) >= 11 is 11.0. The first-order valence-electron chi connectivity index (χ1n) is 12.9. The molecule has 0 spiro atoms. The van der Waals surface area contributed by atoms with Gasteiger partial charge in [0.05, 0.1) is 40.0 Å². The summed E-state index contributed by atoms with van der Waals surface area (Å²) in [6, 6.07) is 15.7. The molecule has 5 rings (SSSR count). The molecular weight excluding hydrogens is 647 g/mol. The number of allylic oxidation sites excluding steroid dienone is 1. The highest BCUT2D eigenvalue weighted by Gasteiger charge is 2.33. The van der Waals surface area contributed by atoms with Crippen LogP contribution in [0.15, 0.2) is 86.2 Å². The van der Waals surface area contributed by atoms with E-state index in [9.17, 15) is 14.0 Å². The van der Waals surface area contributed by atoms with E-state index in [2.05, 4.69) is 20.9 Å². The number of halogens is 3. The van der Waals surface area contributed by atoms with Crippen molar-refractivity contribution in [3.63, 3.8) is 0 Å². The summed E-state index contributed by atoms with van der Waals surface area (Å²) in [6.07, 6.45) is 1.69. The number of rotatable bonds is 8. The zero-order valence-corrected chi connectivity index (χ0v) is 26.0. The van der Waals surface area contributed by atoms with E-state index >= 15 is 0 Å². The summed E-state index contributed by atoms with van der Waals surface area (Å²) < 4.78 is 32.6. The molecule has 216 valence electrons. The van der Waals surface area contributed by atoms with Crippen molar-refractivity contribution in [2.24, 2.45) is 4.99 Å². The van der Waals surface area contributed by atoms with E-state index in [1.54, 1.807) is 63.4 Å². The van der Waals surface area contributed by atoms with Gasteiger partial charge in [-0.1, -0.05) is 41.1 Å². The first-order valence-corrected chi connectivity index (χ1v) is 14.9. The van der Waals surface area contributed by atoms with E-state index in [1.807, 2.05) is 12.1 Å². The van der Waals surface area contributed by atoms with Crippen LogP contribution in [0.5, 0.6) is 11.5 Å². The van der Waals surface area contributed by atoms with Gasteiger partial charge in [-0.15, -0.1) is 0 Å². The van der Waals surface area contributed by atoms with Crippen molar-refractivity contribution in [2.45, 2.75) is 26.5 Å². The van der Waals surface area contributed by atoms with Crippen LogP contribution in [0.2, 0.25) is 5.02 Å². The summed E-state index contributed by atoms with van der Waals surface area (Å²) in [5, 5.41) is 0.463. The molecule has 42 heavy (non-hydrogen) atoms. The molecule has 1 aliphatic rings. The normalized spacial score (nSPS) is 14.8. The maximum Gasteiger partial charge on any atom is 0.338 e. The van der Waals surface area contributed by atoms with Crippen molar-refractivity contribution in [3.8, 4) is 11.5 Å². The number of fused-ring (bicyclic) bond motifs is 1. The van der Waals surface area contributed by atoms with E-state index in [1.165, 1.54) is 28.0 Å². The highest BCUT2D eigenvalue weighted by atomic mass is 79.9. The van der Waals surface area contributed by atoms with Crippen LogP contribution in [-0.2, 0) is 16.1 Å². The quantitative estimate of drug-likeness (QED) is 0.217. The molecule has 0 unspecified atom stereocenters. The molecule has 4 aromatic rings. The second kappa shape index (κ2) is 12.6. The molecule has 0 amide bonds. The Morgan fingerprint density at radius 2 is 1.88 bits per heavy atom. The third kappa shape index (κ3) is 6.06. The standard InChI is InChI=1S/C31H25BrClFN2O5S/c1-4-40-30(38)27-17(2)35-31-36(28(27)19-7-11-25(39-3)23(32)14-19)29(37)26(42-31)15-20-13-21(33)8-12-24(20)41-16-18-5-9-22(34)10-6-18/h5-15,28H,4,16H2,1-3H3/b26-15+/t28-/m1/s1. The molecule has 0 fully saturated rings. The average molecular weight is 672 g/mol. The minimum Gasteiger partial charge on any atom is -0.496 e. The van der Waals surface area contributed by atoms with Gasteiger partial charge >= 0.3 is 5.97 Å². The first kappa shape index (κ1) is 29.8. The van der Waals surface area contributed by atoms with E-state index in [-0.39, 0.29) is 30.2 Å². The first-order chi connectivity index (χ1) is 20.2. The summed E-state index contributed by atoms with van der Waals surface area (Å²) in [7, 11) is 1.56.